The first-order valence-corrected chi connectivity index (χ1v) is 7.97. The summed E-state index contributed by atoms with van der Waals surface area (Å²) in [5, 5.41) is 4.42. The predicted octanol–water partition coefficient (Wildman–Crippen LogP) is 4.86. The smallest absolute Gasteiger partial charge is 0.123 e. The Hall–Kier alpha value is -0.800. The topological polar surface area (TPSA) is 9.23 Å². The van der Waals surface area contributed by atoms with Crippen molar-refractivity contribution in [2.45, 2.75) is 31.2 Å². The van der Waals surface area contributed by atoms with Crippen molar-refractivity contribution in [1.29, 1.82) is 0 Å². The molecule has 2 unspecified atom stereocenters. The van der Waals surface area contributed by atoms with Crippen molar-refractivity contribution < 1.29 is 4.74 Å². The van der Waals surface area contributed by atoms with Gasteiger partial charge in [0.1, 0.15) is 11.9 Å². The second-order valence-electron chi connectivity index (χ2n) is 4.87. The molecule has 0 saturated heterocycles. The predicted molar refractivity (Wildman–Crippen MR) is 80.1 cm³/mol. The number of thiophene rings is 1. The van der Waals surface area contributed by atoms with Gasteiger partial charge in [0.15, 0.2) is 0 Å². The van der Waals surface area contributed by atoms with Crippen molar-refractivity contribution in [3.63, 3.8) is 0 Å². The van der Waals surface area contributed by atoms with Crippen molar-refractivity contribution in [2.75, 3.05) is 0 Å². The van der Waals surface area contributed by atoms with Gasteiger partial charge in [-0.15, -0.1) is 0 Å². The largest absolute Gasteiger partial charge is 0.490 e. The molecular weight excluding hydrogens is 308 g/mol. The van der Waals surface area contributed by atoms with E-state index in [2.05, 4.69) is 58.7 Å². The average Bonchev–Trinajstić information content (AvgIpc) is 2.91. The van der Waals surface area contributed by atoms with Crippen molar-refractivity contribution in [3.8, 4) is 5.75 Å². The summed E-state index contributed by atoms with van der Waals surface area (Å²) in [4.78, 5) is 0.282. The minimum absolute atomic E-state index is 0.282. The van der Waals surface area contributed by atoms with E-state index >= 15 is 0 Å². The van der Waals surface area contributed by atoms with Crippen molar-refractivity contribution in [1.82, 2.24) is 0 Å². The first-order valence-electron chi connectivity index (χ1n) is 6.11. The molecule has 0 fully saturated rings. The van der Waals surface area contributed by atoms with Crippen LogP contribution < -0.4 is 4.74 Å². The van der Waals surface area contributed by atoms with E-state index in [1.807, 2.05) is 0 Å². The lowest BCUT2D eigenvalue weighted by Crippen LogP contribution is -2.05. The van der Waals surface area contributed by atoms with Crippen LogP contribution in [0.3, 0.4) is 0 Å². The van der Waals surface area contributed by atoms with Gasteiger partial charge < -0.3 is 4.74 Å². The molecule has 1 aliphatic rings. The van der Waals surface area contributed by atoms with Gasteiger partial charge in [0, 0.05) is 6.42 Å². The van der Waals surface area contributed by atoms with E-state index in [-0.39, 0.29) is 4.83 Å². The van der Waals surface area contributed by atoms with E-state index in [1.165, 1.54) is 22.3 Å². The third-order valence-corrected chi connectivity index (χ3v) is 5.28. The van der Waals surface area contributed by atoms with Gasteiger partial charge in [-0.2, -0.15) is 11.3 Å². The van der Waals surface area contributed by atoms with E-state index in [0.29, 0.717) is 6.10 Å². The van der Waals surface area contributed by atoms with Crippen LogP contribution in [-0.4, -0.2) is 6.10 Å². The van der Waals surface area contributed by atoms with Gasteiger partial charge in [0.2, 0.25) is 0 Å². The van der Waals surface area contributed by atoms with E-state index in [4.69, 9.17) is 4.74 Å². The van der Waals surface area contributed by atoms with Crippen molar-refractivity contribution in [2.24, 2.45) is 0 Å². The fourth-order valence-corrected chi connectivity index (χ4v) is 4.24. The molecule has 0 N–H and O–H groups in total. The van der Waals surface area contributed by atoms with Crippen LogP contribution in [0.4, 0.5) is 0 Å². The zero-order chi connectivity index (χ0) is 12.7. The van der Waals surface area contributed by atoms with Crippen LogP contribution in [0, 0.1) is 6.92 Å². The van der Waals surface area contributed by atoms with Gasteiger partial charge in [0.25, 0.3) is 0 Å². The summed E-state index contributed by atoms with van der Waals surface area (Å²) in [5.41, 5.74) is 5.36. The molecule has 0 bridgehead atoms. The number of halogens is 1. The lowest BCUT2D eigenvalue weighted by atomic mass is 10.0. The number of ether oxygens (including phenoxy) is 1. The van der Waals surface area contributed by atoms with Crippen LogP contribution in [-0.2, 0) is 6.42 Å². The van der Waals surface area contributed by atoms with Crippen LogP contribution in [0.15, 0.2) is 29.0 Å². The summed E-state index contributed by atoms with van der Waals surface area (Å²) in [5.74, 6) is 1.05. The Bertz CT molecular complexity index is 576. The average molecular weight is 323 g/mol. The molecular formula is C15H15BrOS. The van der Waals surface area contributed by atoms with Gasteiger partial charge >= 0.3 is 0 Å². The maximum Gasteiger partial charge on any atom is 0.123 e. The second-order valence-corrected chi connectivity index (χ2v) is 6.53. The molecule has 94 valence electrons. The number of hydrogen-bond acceptors (Lipinski definition) is 2. The van der Waals surface area contributed by atoms with E-state index in [1.54, 1.807) is 11.3 Å². The number of rotatable bonds is 2. The second kappa shape index (κ2) is 4.71. The molecule has 2 aromatic rings. The van der Waals surface area contributed by atoms with Gasteiger partial charge in [-0.25, -0.2) is 0 Å². The molecule has 1 aromatic heterocycles. The summed E-state index contributed by atoms with van der Waals surface area (Å²) < 4.78 is 5.74. The molecule has 2 atom stereocenters. The van der Waals surface area contributed by atoms with Gasteiger partial charge in [-0.05, 0) is 52.9 Å². The Balaban J connectivity index is 1.94. The molecule has 2 heterocycles. The van der Waals surface area contributed by atoms with Crippen LogP contribution in [0.2, 0.25) is 0 Å². The minimum atomic E-state index is 0.282. The minimum Gasteiger partial charge on any atom is -0.490 e. The van der Waals surface area contributed by atoms with Crippen LogP contribution in [0.1, 0.15) is 34.0 Å². The molecule has 0 aliphatic carbocycles. The monoisotopic (exact) mass is 322 g/mol. The Labute approximate surface area is 120 Å². The highest BCUT2D eigenvalue weighted by atomic mass is 79.9. The van der Waals surface area contributed by atoms with E-state index < -0.39 is 0 Å². The maximum atomic E-state index is 5.74. The maximum absolute atomic E-state index is 5.74. The Morgan fingerprint density at radius 2 is 2.22 bits per heavy atom. The number of fused-ring (bicyclic) bond motifs is 1. The van der Waals surface area contributed by atoms with Crippen LogP contribution in [0.25, 0.3) is 0 Å². The standard InChI is InChI=1S/C15H15BrOS/c1-9-7-18-8-13(9)15(16)11-3-4-14-12(6-11)5-10(2)17-14/h3-4,6-8,10,15H,5H2,1-2H3. The highest BCUT2D eigenvalue weighted by molar-refractivity contribution is 9.09. The fourth-order valence-electron chi connectivity index (χ4n) is 2.41. The van der Waals surface area contributed by atoms with Gasteiger partial charge in [-0.1, -0.05) is 28.1 Å². The molecule has 1 aliphatic heterocycles. The number of aryl methyl sites for hydroxylation is 1. The Kier molecular flexibility index (Phi) is 3.20. The Morgan fingerprint density at radius 3 is 2.94 bits per heavy atom. The van der Waals surface area contributed by atoms with Crippen molar-refractivity contribution >= 4 is 27.3 Å². The quantitative estimate of drug-likeness (QED) is 0.717. The molecule has 18 heavy (non-hydrogen) atoms. The molecule has 0 saturated carbocycles. The lowest BCUT2D eigenvalue weighted by Gasteiger charge is -2.11. The summed E-state index contributed by atoms with van der Waals surface area (Å²) in [6.07, 6.45) is 1.33. The third kappa shape index (κ3) is 2.10. The molecule has 0 spiro atoms. The van der Waals surface area contributed by atoms with Gasteiger partial charge in [-0.3, -0.25) is 0 Å². The fraction of sp³-hybridized carbons (Fsp3) is 0.333. The zero-order valence-corrected chi connectivity index (χ0v) is 12.8. The number of benzene rings is 1. The SMILES string of the molecule is Cc1cscc1C(Br)c1ccc2c(c1)CC(C)O2. The van der Waals surface area contributed by atoms with E-state index in [0.717, 1.165) is 12.2 Å². The normalized spacial score (nSPS) is 19.4. The molecule has 1 nitrogen and oxygen atoms in total. The first-order chi connectivity index (χ1) is 8.65. The summed E-state index contributed by atoms with van der Waals surface area (Å²) in [7, 11) is 0. The summed E-state index contributed by atoms with van der Waals surface area (Å²) >= 11 is 5.57. The first kappa shape index (κ1) is 12.2. The highest BCUT2D eigenvalue weighted by Gasteiger charge is 2.21. The zero-order valence-electron chi connectivity index (χ0n) is 10.4. The Morgan fingerprint density at radius 1 is 1.39 bits per heavy atom. The van der Waals surface area contributed by atoms with Gasteiger partial charge in [0.05, 0.1) is 4.83 Å². The third-order valence-electron chi connectivity index (χ3n) is 3.38. The van der Waals surface area contributed by atoms with Crippen LogP contribution in [0.5, 0.6) is 5.75 Å². The van der Waals surface area contributed by atoms with E-state index in [9.17, 15) is 0 Å². The lowest BCUT2D eigenvalue weighted by molar-refractivity contribution is 0.254. The molecule has 1 aromatic carbocycles. The van der Waals surface area contributed by atoms with Crippen LogP contribution >= 0.6 is 27.3 Å². The number of alkyl halides is 1. The molecule has 3 heteroatoms. The van der Waals surface area contributed by atoms with Crippen molar-refractivity contribution in [3.05, 3.63) is 51.2 Å². The highest BCUT2D eigenvalue weighted by Crippen LogP contribution is 2.38. The summed E-state index contributed by atoms with van der Waals surface area (Å²) in [6, 6.07) is 6.53. The summed E-state index contributed by atoms with van der Waals surface area (Å²) in [6.45, 7) is 4.28. The molecule has 3 rings (SSSR count). The molecule has 0 radical (unpaired) electrons. The number of hydrogen-bond donors (Lipinski definition) is 0. The molecule has 0 amide bonds.